The van der Waals surface area contributed by atoms with Crippen LogP contribution in [0.2, 0.25) is 0 Å². The van der Waals surface area contributed by atoms with Gasteiger partial charge in [-0.3, -0.25) is 4.79 Å². The lowest BCUT2D eigenvalue weighted by molar-refractivity contribution is 0.0746. The molecular weight excluding hydrogens is 364 g/mol. The van der Waals surface area contributed by atoms with Gasteiger partial charge in [-0.05, 0) is 47.2 Å². The number of nitrogens with zero attached hydrogens (tertiary/aromatic N) is 4. The second-order valence-electron chi connectivity index (χ2n) is 7.10. The number of rotatable bonds is 3. The minimum Gasteiger partial charge on any atom is -0.463 e. The highest BCUT2D eigenvalue weighted by Gasteiger charge is 2.23. The zero-order chi connectivity index (χ0) is 19.6. The molecule has 0 N–H and O–H groups in total. The maximum atomic E-state index is 12.9. The van der Waals surface area contributed by atoms with Crippen molar-refractivity contribution >= 4 is 22.5 Å². The molecule has 3 heterocycles. The largest absolute Gasteiger partial charge is 0.463 e. The number of aromatic nitrogens is 2. The van der Waals surface area contributed by atoms with E-state index in [0.29, 0.717) is 24.5 Å². The second-order valence-corrected chi connectivity index (χ2v) is 7.10. The number of hydrogen-bond donors (Lipinski definition) is 0. The lowest BCUT2D eigenvalue weighted by atomic mass is 10.1. The van der Waals surface area contributed by atoms with Crippen LogP contribution in [0, 0.1) is 0 Å². The highest BCUT2D eigenvalue weighted by atomic mass is 16.3. The van der Waals surface area contributed by atoms with Gasteiger partial charge < -0.3 is 14.2 Å². The summed E-state index contributed by atoms with van der Waals surface area (Å²) in [6.45, 7) is 2.78. The Bertz CT molecular complexity index is 1130. The number of amides is 1. The van der Waals surface area contributed by atoms with Crippen molar-refractivity contribution in [3.05, 3.63) is 78.6 Å². The maximum absolute atomic E-state index is 12.9. The van der Waals surface area contributed by atoms with E-state index < -0.39 is 0 Å². The van der Waals surface area contributed by atoms with E-state index in [1.54, 1.807) is 6.26 Å². The van der Waals surface area contributed by atoms with Crippen LogP contribution in [-0.4, -0.2) is 47.2 Å². The Morgan fingerprint density at radius 1 is 0.828 bits per heavy atom. The molecule has 0 atom stereocenters. The third kappa shape index (κ3) is 3.45. The van der Waals surface area contributed by atoms with Crippen LogP contribution in [0.4, 0.5) is 5.82 Å². The normalized spacial score (nSPS) is 14.3. The smallest absolute Gasteiger partial charge is 0.253 e. The van der Waals surface area contributed by atoms with Crippen molar-refractivity contribution in [1.29, 1.82) is 0 Å². The molecule has 1 saturated heterocycles. The molecule has 6 nitrogen and oxygen atoms in total. The molecule has 29 heavy (non-hydrogen) atoms. The van der Waals surface area contributed by atoms with Crippen LogP contribution in [0.3, 0.4) is 0 Å². The quantitative estimate of drug-likeness (QED) is 0.537. The molecule has 5 rings (SSSR count). The monoisotopic (exact) mass is 384 g/mol. The molecule has 1 amide bonds. The van der Waals surface area contributed by atoms with Gasteiger partial charge in [0.25, 0.3) is 5.91 Å². The summed E-state index contributed by atoms with van der Waals surface area (Å²) in [6.07, 6.45) is 1.62. The van der Waals surface area contributed by atoms with Gasteiger partial charge in [0, 0.05) is 31.7 Å². The van der Waals surface area contributed by atoms with Crippen LogP contribution in [0.15, 0.2) is 77.4 Å². The average molecular weight is 384 g/mol. The van der Waals surface area contributed by atoms with Gasteiger partial charge in [-0.25, -0.2) is 0 Å². The van der Waals surface area contributed by atoms with Crippen molar-refractivity contribution in [3.63, 3.8) is 0 Å². The second kappa shape index (κ2) is 7.39. The van der Waals surface area contributed by atoms with Gasteiger partial charge in [-0.15, -0.1) is 10.2 Å². The number of hydrogen-bond acceptors (Lipinski definition) is 5. The first-order valence-electron chi connectivity index (χ1n) is 9.68. The Hall–Kier alpha value is -3.67. The number of benzene rings is 2. The third-order valence-corrected chi connectivity index (χ3v) is 5.31. The van der Waals surface area contributed by atoms with Crippen LogP contribution < -0.4 is 4.90 Å². The Balaban J connectivity index is 1.25. The van der Waals surface area contributed by atoms with Crippen LogP contribution >= 0.6 is 0 Å². The number of anilines is 1. The fraction of sp³-hybridized carbons (Fsp3) is 0.174. The van der Waals surface area contributed by atoms with Gasteiger partial charge in [-0.2, -0.15) is 0 Å². The Kier molecular flexibility index (Phi) is 4.44. The lowest BCUT2D eigenvalue weighted by Gasteiger charge is -2.35. The summed E-state index contributed by atoms with van der Waals surface area (Å²) in [5.74, 6) is 1.60. The van der Waals surface area contributed by atoms with Crippen LogP contribution in [0.1, 0.15) is 10.4 Å². The van der Waals surface area contributed by atoms with Crippen molar-refractivity contribution in [2.24, 2.45) is 0 Å². The van der Waals surface area contributed by atoms with E-state index in [4.69, 9.17) is 4.42 Å². The van der Waals surface area contributed by atoms with Gasteiger partial charge in [0.05, 0.1) is 6.26 Å². The molecular formula is C23H20N4O2. The summed E-state index contributed by atoms with van der Waals surface area (Å²) in [5, 5.41) is 10.8. The topological polar surface area (TPSA) is 62.5 Å². The molecule has 0 aliphatic carbocycles. The maximum Gasteiger partial charge on any atom is 0.253 e. The average Bonchev–Trinajstić information content (AvgIpc) is 3.33. The summed E-state index contributed by atoms with van der Waals surface area (Å²) < 4.78 is 5.35. The van der Waals surface area contributed by atoms with E-state index >= 15 is 0 Å². The minimum absolute atomic E-state index is 0.0784. The molecule has 0 bridgehead atoms. The molecule has 0 saturated carbocycles. The predicted octanol–water partition coefficient (Wildman–Crippen LogP) is 3.85. The summed E-state index contributed by atoms with van der Waals surface area (Å²) in [6, 6.07) is 21.5. The summed E-state index contributed by atoms with van der Waals surface area (Å²) in [7, 11) is 0. The van der Waals surface area contributed by atoms with Gasteiger partial charge in [0.2, 0.25) is 0 Å². The Labute approximate surface area is 168 Å². The first kappa shape index (κ1) is 17.4. The van der Waals surface area contributed by atoms with Gasteiger partial charge in [-0.1, -0.05) is 30.3 Å². The van der Waals surface area contributed by atoms with E-state index in [1.807, 2.05) is 65.6 Å². The zero-order valence-electron chi connectivity index (χ0n) is 15.9. The molecule has 0 radical (unpaired) electrons. The lowest BCUT2D eigenvalue weighted by Crippen LogP contribution is -2.49. The van der Waals surface area contributed by atoms with Crippen LogP contribution in [0.5, 0.6) is 0 Å². The Morgan fingerprint density at radius 3 is 2.38 bits per heavy atom. The molecule has 6 heteroatoms. The first-order chi connectivity index (χ1) is 14.3. The van der Waals surface area contributed by atoms with E-state index in [-0.39, 0.29) is 5.91 Å². The summed E-state index contributed by atoms with van der Waals surface area (Å²) >= 11 is 0. The van der Waals surface area contributed by atoms with Crippen LogP contribution in [-0.2, 0) is 0 Å². The molecule has 1 aliphatic rings. The first-order valence-corrected chi connectivity index (χ1v) is 9.68. The fourth-order valence-electron chi connectivity index (χ4n) is 3.69. The predicted molar refractivity (Wildman–Crippen MR) is 112 cm³/mol. The molecule has 0 spiro atoms. The highest BCUT2D eigenvalue weighted by Crippen LogP contribution is 2.21. The molecule has 1 fully saturated rings. The number of piperazine rings is 1. The molecule has 4 aromatic rings. The van der Waals surface area contributed by atoms with E-state index in [2.05, 4.69) is 21.2 Å². The SMILES string of the molecule is O=C(c1ccc2ccccc2c1)N1CCN(c2ccc(-c3ccco3)nn2)CC1. The van der Waals surface area contributed by atoms with E-state index in [0.717, 1.165) is 35.2 Å². The van der Waals surface area contributed by atoms with E-state index in [1.165, 1.54) is 0 Å². The zero-order valence-corrected chi connectivity index (χ0v) is 15.9. The van der Waals surface area contributed by atoms with Crippen molar-refractivity contribution in [1.82, 2.24) is 15.1 Å². The highest BCUT2D eigenvalue weighted by molar-refractivity contribution is 5.98. The summed E-state index contributed by atoms with van der Waals surface area (Å²) in [4.78, 5) is 17.0. The number of carbonyl (C=O) groups excluding carboxylic acids is 1. The third-order valence-electron chi connectivity index (χ3n) is 5.31. The molecule has 144 valence electrons. The fourth-order valence-corrected chi connectivity index (χ4v) is 3.69. The van der Waals surface area contributed by atoms with Crippen molar-refractivity contribution in [2.75, 3.05) is 31.1 Å². The van der Waals surface area contributed by atoms with E-state index in [9.17, 15) is 4.79 Å². The van der Waals surface area contributed by atoms with Crippen LogP contribution in [0.25, 0.3) is 22.2 Å². The number of carbonyl (C=O) groups is 1. The van der Waals surface area contributed by atoms with Gasteiger partial charge >= 0.3 is 0 Å². The standard InChI is InChI=1S/C23H20N4O2/c28-23(19-8-7-17-4-1-2-5-18(17)16-19)27-13-11-26(12-14-27)22-10-9-20(24-25-22)21-6-3-15-29-21/h1-10,15-16H,11-14H2. The Morgan fingerprint density at radius 2 is 1.66 bits per heavy atom. The summed E-state index contributed by atoms with van der Waals surface area (Å²) in [5.41, 5.74) is 1.45. The number of fused-ring (bicyclic) bond motifs is 1. The molecule has 0 unspecified atom stereocenters. The molecule has 2 aromatic heterocycles. The minimum atomic E-state index is 0.0784. The molecule has 1 aliphatic heterocycles. The van der Waals surface area contributed by atoms with Crippen molar-refractivity contribution in [3.8, 4) is 11.5 Å². The number of furan rings is 1. The van der Waals surface area contributed by atoms with Gasteiger partial charge in [0.1, 0.15) is 5.69 Å². The van der Waals surface area contributed by atoms with Crippen molar-refractivity contribution < 1.29 is 9.21 Å². The molecule has 2 aromatic carbocycles. The van der Waals surface area contributed by atoms with Gasteiger partial charge in [0.15, 0.2) is 11.6 Å². The van der Waals surface area contributed by atoms with Crippen molar-refractivity contribution in [2.45, 2.75) is 0 Å².